The van der Waals surface area contributed by atoms with Crippen molar-refractivity contribution < 1.29 is 0 Å². The van der Waals surface area contributed by atoms with E-state index >= 15 is 0 Å². The zero-order chi connectivity index (χ0) is 12.3. The van der Waals surface area contributed by atoms with Crippen LogP contribution in [0.25, 0.3) is 0 Å². The fourth-order valence-electron chi connectivity index (χ4n) is 1.81. The molecule has 6 nitrogen and oxygen atoms in total. The number of hydrogen-bond donors (Lipinski definition) is 2. The van der Waals surface area contributed by atoms with Crippen LogP contribution in [0.3, 0.4) is 0 Å². The van der Waals surface area contributed by atoms with Gasteiger partial charge < -0.3 is 5.32 Å². The van der Waals surface area contributed by atoms with Crippen LogP contribution in [-0.4, -0.2) is 25.0 Å². The quantitative estimate of drug-likeness (QED) is 0.808. The van der Waals surface area contributed by atoms with Crippen molar-refractivity contribution in [2.75, 3.05) is 0 Å². The SMILES string of the molecule is CC(C)c1nn(C)cc1CNCc1ncn[nH]1. The van der Waals surface area contributed by atoms with Crippen LogP contribution in [0, 0.1) is 0 Å². The van der Waals surface area contributed by atoms with E-state index in [1.54, 1.807) is 0 Å². The fourth-order valence-corrected chi connectivity index (χ4v) is 1.81. The lowest BCUT2D eigenvalue weighted by atomic mass is 10.1. The molecule has 0 fully saturated rings. The van der Waals surface area contributed by atoms with E-state index in [1.807, 2.05) is 11.7 Å². The molecule has 2 N–H and O–H groups in total. The summed E-state index contributed by atoms with van der Waals surface area (Å²) < 4.78 is 1.86. The highest BCUT2D eigenvalue weighted by atomic mass is 15.3. The summed E-state index contributed by atoms with van der Waals surface area (Å²) in [4.78, 5) is 4.06. The number of nitrogens with one attached hydrogen (secondary N) is 2. The lowest BCUT2D eigenvalue weighted by Gasteiger charge is -2.05. The van der Waals surface area contributed by atoms with Crippen molar-refractivity contribution in [2.24, 2.45) is 7.05 Å². The van der Waals surface area contributed by atoms with Crippen molar-refractivity contribution >= 4 is 0 Å². The van der Waals surface area contributed by atoms with Crippen molar-refractivity contribution in [1.82, 2.24) is 30.3 Å². The molecule has 0 aromatic carbocycles. The second kappa shape index (κ2) is 5.09. The molecule has 0 unspecified atom stereocenters. The van der Waals surface area contributed by atoms with Gasteiger partial charge in [0.1, 0.15) is 12.2 Å². The van der Waals surface area contributed by atoms with Crippen LogP contribution < -0.4 is 5.32 Å². The molecular formula is C11H18N6. The maximum Gasteiger partial charge on any atom is 0.138 e. The summed E-state index contributed by atoms with van der Waals surface area (Å²) in [5, 5.41) is 14.4. The summed E-state index contributed by atoms with van der Waals surface area (Å²) in [7, 11) is 1.95. The molecule has 0 aliphatic carbocycles. The Labute approximate surface area is 100 Å². The van der Waals surface area contributed by atoms with Crippen LogP contribution in [0.15, 0.2) is 12.5 Å². The first-order valence-electron chi connectivity index (χ1n) is 5.74. The van der Waals surface area contributed by atoms with E-state index in [-0.39, 0.29) is 0 Å². The Balaban J connectivity index is 1.94. The average molecular weight is 234 g/mol. The van der Waals surface area contributed by atoms with Gasteiger partial charge in [0.05, 0.1) is 12.2 Å². The standard InChI is InChI=1S/C11H18N6/c1-8(2)11-9(6-17(3)16-11)4-12-5-10-13-7-14-15-10/h6-8,12H,4-5H2,1-3H3,(H,13,14,15). The first-order valence-corrected chi connectivity index (χ1v) is 5.74. The summed E-state index contributed by atoms with van der Waals surface area (Å²) in [6, 6.07) is 0. The molecule has 0 saturated carbocycles. The Hall–Kier alpha value is -1.69. The van der Waals surface area contributed by atoms with Crippen molar-refractivity contribution in [3.8, 4) is 0 Å². The van der Waals surface area contributed by atoms with Gasteiger partial charge in [0.15, 0.2) is 0 Å². The molecule has 0 atom stereocenters. The van der Waals surface area contributed by atoms with Gasteiger partial charge in [0, 0.05) is 25.4 Å². The first-order chi connectivity index (χ1) is 8.16. The molecule has 2 aromatic heterocycles. The molecule has 2 heterocycles. The Morgan fingerprint density at radius 3 is 2.88 bits per heavy atom. The number of H-pyrrole nitrogens is 1. The predicted molar refractivity (Wildman–Crippen MR) is 64.2 cm³/mol. The van der Waals surface area contributed by atoms with Crippen molar-refractivity contribution in [1.29, 1.82) is 0 Å². The highest BCUT2D eigenvalue weighted by molar-refractivity contribution is 5.19. The molecule has 17 heavy (non-hydrogen) atoms. The summed E-state index contributed by atoms with van der Waals surface area (Å²) in [6.45, 7) is 5.79. The molecule has 6 heteroatoms. The number of aromatic nitrogens is 5. The average Bonchev–Trinajstić information content (AvgIpc) is 2.88. The van der Waals surface area contributed by atoms with Gasteiger partial charge in [0.25, 0.3) is 0 Å². The lowest BCUT2D eigenvalue weighted by molar-refractivity contribution is 0.655. The van der Waals surface area contributed by atoms with Crippen molar-refractivity contribution in [3.63, 3.8) is 0 Å². The fraction of sp³-hybridized carbons (Fsp3) is 0.545. The number of rotatable bonds is 5. The monoisotopic (exact) mass is 234 g/mol. The van der Waals surface area contributed by atoms with E-state index in [1.165, 1.54) is 11.9 Å². The molecule has 0 aliphatic rings. The Kier molecular flexibility index (Phi) is 3.53. The normalized spacial score (nSPS) is 11.3. The Bertz CT molecular complexity index is 456. The van der Waals surface area contributed by atoms with Gasteiger partial charge in [-0.3, -0.25) is 9.78 Å². The highest BCUT2D eigenvalue weighted by Gasteiger charge is 2.10. The summed E-state index contributed by atoms with van der Waals surface area (Å²) in [5.74, 6) is 1.29. The second-order valence-electron chi connectivity index (χ2n) is 4.40. The minimum absolute atomic E-state index is 0.443. The first kappa shape index (κ1) is 11.8. The van der Waals surface area contributed by atoms with Crippen LogP contribution in [0.5, 0.6) is 0 Å². The third-order valence-corrected chi connectivity index (χ3v) is 2.56. The molecule has 0 amide bonds. The molecule has 0 spiro atoms. The van der Waals surface area contributed by atoms with E-state index in [9.17, 15) is 0 Å². The number of aryl methyl sites for hydroxylation is 1. The van der Waals surface area contributed by atoms with Gasteiger partial charge in [-0.1, -0.05) is 13.8 Å². The number of aromatic amines is 1. The molecule has 2 aromatic rings. The van der Waals surface area contributed by atoms with Gasteiger partial charge in [0.2, 0.25) is 0 Å². The van der Waals surface area contributed by atoms with E-state index in [0.717, 1.165) is 18.1 Å². The minimum atomic E-state index is 0.443. The van der Waals surface area contributed by atoms with E-state index in [2.05, 4.69) is 45.6 Å². The second-order valence-corrected chi connectivity index (χ2v) is 4.40. The van der Waals surface area contributed by atoms with Crippen LogP contribution in [0.2, 0.25) is 0 Å². The Morgan fingerprint density at radius 1 is 1.41 bits per heavy atom. The molecule has 0 saturated heterocycles. The molecule has 92 valence electrons. The topological polar surface area (TPSA) is 71.4 Å². The minimum Gasteiger partial charge on any atom is -0.306 e. The van der Waals surface area contributed by atoms with Crippen LogP contribution in [0.1, 0.15) is 36.8 Å². The third kappa shape index (κ3) is 2.91. The number of hydrogen-bond acceptors (Lipinski definition) is 4. The van der Waals surface area contributed by atoms with Gasteiger partial charge >= 0.3 is 0 Å². The molecular weight excluding hydrogens is 216 g/mol. The van der Waals surface area contributed by atoms with Crippen molar-refractivity contribution in [2.45, 2.75) is 32.9 Å². The van der Waals surface area contributed by atoms with E-state index in [4.69, 9.17) is 0 Å². The van der Waals surface area contributed by atoms with Gasteiger partial charge in [-0.05, 0) is 5.92 Å². The molecule has 2 rings (SSSR count). The third-order valence-electron chi connectivity index (χ3n) is 2.56. The zero-order valence-corrected chi connectivity index (χ0v) is 10.4. The summed E-state index contributed by atoms with van der Waals surface area (Å²) in [6.07, 6.45) is 3.57. The van der Waals surface area contributed by atoms with Crippen LogP contribution in [-0.2, 0) is 20.1 Å². The lowest BCUT2D eigenvalue weighted by Crippen LogP contribution is -2.14. The van der Waals surface area contributed by atoms with E-state index < -0.39 is 0 Å². The van der Waals surface area contributed by atoms with Crippen molar-refractivity contribution in [3.05, 3.63) is 29.6 Å². The molecule has 0 aliphatic heterocycles. The number of nitrogens with zero attached hydrogens (tertiary/aromatic N) is 4. The molecule has 0 bridgehead atoms. The zero-order valence-electron chi connectivity index (χ0n) is 10.4. The highest BCUT2D eigenvalue weighted by Crippen LogP contribution is 2.16. The largest absolute Gasteiger partial charge is 0.306 e. The molecule has 0 radical (unpaired) electrons. The smallest absolute Gasteiger partial charge is 0.138 e. The maximum absolute atomic E-state index is 4.47. The maximum atomic E-state index is 4.47. The van der Waals surface area contributed by atoms with Gasteiger partial charge in [-0.2, -0.15) is 10.2 Å². The Morgan fingerprint density at radius 2 is 2.24 bits per heavy atom. The predicted octanol–water partition coefficient (Wildman–Crippen LogP) is 0.951. The van der Waals surface area contributed by atoms with Crippen LogP contribution >= 0.6 is 0 Å². The summed E-state index contributed by atoms with van der Waals surface area (Å²) in [5.41, 5.74) is 2.39. The van der Waals surface area contributed by atoms with Crippen LogP contribution in [0.4, 0.5) is 0 Å². The van der Waals surface area contributed by atoms with E-state index in [0.29, 0.717) is 12.5 Å². The van der Waals surface area contributed by atoms with Gasteiger partial charge in [-0.15, -0.1) is 0 Å². The summed E-state index contributed by atoms with van der Waals surface area (Å²) >= 11 is 0. The van der Waals surface area contributed by atoms with Gasteiger partial charge in [-0.25, -0.2) is 4.98 Å².